The molecule has 0 aromatic heterocycles. The van der Waals surface area contributed by atoms with Gasteiger partial charge in [-0.25, -0.2) is 0 Å². The van der Waals surface area contributed by atoms with Crippen molar-refractivity contribution in [3.05, 3.63) is 63.2 Å². The summed E-state index contributed by atoms with van der Waals surface area (Å²) in [6, 6.07) is 11.8. The fourth-order valence-electron chi connectivity index (χ4n) is 1.58. The molecule has 0 amide bonds. The molecule has 0 bridgehead atoms. The number of halogens is 4. The van der Waals surface area contributed by atoms with Crippen LogP contribution in [0.1, 0.15) is 15.9 Å². The first-order valence-electron chi connectivity index (χ1n) is 5.51. The van der Waals surface area contributed by atoms with Gasteiger partial charge in [0.25, 0.3) is 0 Å². The monoisotopic (exact) mass is 392 g/mol. The Bertz CT molecular complexity index is 604. The van der Waals surface area contributed by atoms with Gasteiger partial charge in [0.2, 0.25) is 0 Å². The van der Waals surface area contributed by atoms with Crippen LogP contribution in [0.25, 0.3) is 0 Å². The van der Waals surface area contributed by atoms with Gasteiger partial charge in [0.1, 0.15) is 5.75 Å². The van der Waals surface area contributed by atoms with Gasteiger partial charge < -0.3 is 4.74 Å². The van der Waals surface area contributed by atoms with Crippen LogP contribution in [0.15, 0.2) is 48.5 Å². The van der Waals surface area contributed by atoms with E-state index in [-0.39, 0.29) is 11.5 Å². The predicted octanol–water partition coefficient (Wildman–Crippen LogP) is 4.42. The summed E-state index contributed by atoms with van der Waals surface area (Å²) in [5, 5.41) is 0. The van der Waals surface area contributed by atoms with Crippen LogP contribution in [0.2, 0.25) is 0 Å². The molecule has 0 aliphatic carbocycles. The normalized spacial score (nSPS) is 11.2. The molecule has 2 aromatic carbocycles. The van der Waals surface area contributed by atoms with Crippen molar-refractivity contribution in [1.82, 2.24) is 0 Å². The Morgan fingerprint density at radius 1 is 0.900 bits per heavy atom. The zero-order valence-corrected chi connectivity index (χ0v) is 12.1. The predicted molar refractivity (Wildman–Crippen MR) is 75.7 cm³/mol. The van der Waals surface area contributed by atoms with Crippen molar-refractivity contribution in [2.45, 2.75) is 6.36 Å². The van der Waals surface area contributed by atoms with Crippen LogP contribution < -0.4 is 4.74 Å². The lowest BCUT2D eigenvalue weighted by Crippen LogP contribution is -2.17. The minimum absolute atomic E-state index is 0.250. The highest BCUT2D eigenvalue weighted by Crippen LogP contribution is 2.23. The number of rotatable bonds is 3. The highest BCUT2D eigenvalue weighted by molar-refractivity contribution is 14.1. The van der Waals surface area contributed by atoms with Crippen molar-refractivity contribution in [1.29, 1.82) is 0 Å². The van der Waals surface area contributed by atoms with Crippen LogP contribution in [0.3, 0.4) is 0 Å². The van der Waals surface area contributed by atoms with E-state index in [4.69, 9.17) is 0 Å². The second-order valence-electron chi connectivity index (χ2n) is 3.91. The number of alkyl halides is 3. The minimum atomic E-state index is -4.73. The number of ketones is 1. The number of hydrogen-bond acceptors (Lipinski definition) is 2. The Kier molecular flexibility index (Phi) is 4.32. The van der Waals surface area contributed by atoms with E-state index in [0.29, 0.717) is 11.1 Å². The van der Waals surface area contributed by atoms with Crippen LogP contribution in [0.4, 0.5) is 13.2 Å². The van der Waals surface area contributed by atoms with Crippen LogP contribution in [0, 0.1) is 3.57 Å². The summed E-state index contributed by atoms with van der Waals surface area (Å²) in [6.45, 7) is 0. The van der Waals surface area contributed by atoms with Gasteiger partial charge in [0, 0.05) is 14.7 Å². The summed E-state index contributed by atoms with van der Waals surface area (Å²) < 4.78 is 40.8. The molecule has 0 unspecified atom stereocenters. The van der Waals surface area contributed by atoms with Crippen molar-refractivity contribution < 1.29 is 22.7 Å². The maximum absolute atomic E-state index is 12.1. The fraction of sp³-hybridized carbons (Fsp3) is 0.0714. The van der Waals surface area contributed by atoms with Crippen LogP contribution in [-0.2, 0) is 0 Å². The second-order valence-corrected chi connectivity index (χ2v) is 5.15. The molecule has 0 N–H and O–H groups in total. The molecule has 2 nitrogen and oxygen atoms in total. The van der Waals surface area contributed by atoms with E-state index in [2.05, 4.69) is 27.3 Å². The van der Waals surface area contributed by atoms with Gasteiger partial charge in [0.15, 0.2) is 5.78 Å². The summed E-state index contributed by atoms with van der Waals surface area (Å²) in [5.41, 5.74) is 0.788. The first-order valence-corrected chi connectivity index (χ1v) is 6.59. The molecule has 2 aromatic rings. The fourth-order valence-corrected chi connectivity index (χ4v) is 1.94. The van der Waals surface area contributed by atoms with E-state index < -0.39 is 6.36 Å². The van der Waals surface area contributed by atoms with Crippen LogP contribution in [0.5, 0.6) is 5.75 Å². The van der Waals surface area contributed by atoms with E-state index in [1.54, 1.807) is 24.3 Å². The van der Waals surface area contributed by atoms with E-state index in [0.717, 1.165) is 15.7 Å². The first kappa shape index (κ1) is 14.8. The summed E-state index contributed by atoms with van der Waals surface area (Å²) in [6.07, 6.45) is -4.73. The van der Waals surface area contributed by atoms with E-state index in [1.807, 2.05) is 0 Å². The molecule has 2 rings (SSSR count). The topological polar surface area (TPSA) is 26.3 Å². The first-order chi connectivity index (χ1) is 9.35. The molecule has 0 fully saturated rings. The van der Waals surface area contributed by atoms with E-state index in [1.165, 1.54) is 12.1 Å². The molecule has 0 spiro atoms. The van der Waals surface area contributed by atoms with Gasteiger partial charge in [-0.05, 0) is 71.1 Å². The number of benzene rings is 2. The van der Waals surface area contributed by atoms with Gasteiger partial charge in [0.05, 0.1) is 0 Å². The number of hydrogen-bond donors (Lipinski definition) is 0. The van der Waals surface area contributed by atoms with Gasteiger partial charge in [-0.1, -0.05) is 0 Å². The van der Waals surface area contributed by atoms with Crippen molar-refractivity contribution in [3.63, 3.8) is 0 Å². The van der Waals surface area contributed by atoms with Gasteiger partial charge >= 0.3 is 6.36 Å². The highest BCUT2D eigenvalue weighted by Gasteiger charge is 2.31. The summed E-state index contributed by atoms with van der Waals surface area (Å²) in [5.74, 6) is -0.600. The maximum Gasteiger partial charge on any atom is 0.573 e. The molecule has 0 aliphatic heterocycles. The molecule has 6 heteroatoms. The lowest BCUT2D eigenvalue weighted by Gasteiger charge is -2.09. The lowest BCUT2D eigenvalue weighted by atomic mass is 10.0. The summed E-state index contributed by atoms with van der Waals surface area (Å²) >= 11 is 2.12. The van der Waals surface area contributed by atoms with Gasteiger partial charge in [-0.3, -0.25) is 4.79 Å². The molecule has 0 radical (unpaired) electrons. The average Bonchev–Trinajstić information content (AvgIpc) is 2.38. The quantitative estimate of drug-likeness (QED) is 0.571. The van der Waals surface area contributed by atoms with Crippen LogP contribution in [-0.4, -0.2) is 12.1 Å². The molecular weight excluding hydrogens is 384 g/mol. The molecule has 0 saturated heterocycles. The van der Waals surface area contributed by atoms with Crippen LogP contribution >= 0.6 is 22.6 Å². The number of ether oxygens (including phenoxy) is 1. The summed E-state index contributed by atoms with van der Waals surface area (Å²) in [4.78, 5) is 12.1. The van der Waals surface area contributed by atoms with E-state index in [9.17, 15) is 18.0 Å². The zero-order chi connectivity index (χ0) is 14.8. The molecule has 0 atom stereocenters. The third-order valence-electron chi connectivity index (χ3n) is 2.46. The third-order valence-corrected chi connectivity index (χ3v) is 3.18. The lowest BCUT2D eigenvalue weighted by molar-refractivity contribution is -0.274. The average molecular weight is 392 g/mol. The Hall–Kier alpha value is -1.57. The molecule has 20 heavy (non-hydrogen) atoms. The molecule has 0 heterocycles. The number of carbonyl (C=O) groups excluding carboxylic acids is 1. The Labute approximate surface area is 126 Å². The van der Waals surface area contributed by atoms with Crippen molar-refractivity contribution in [2.24, 2.45) is 0 Å². The van der Waals surface area contributed by atoms with Gasteiger partial charge in [-0.15, -0.1) is 13.2 Å². The zero-order valence-electron chi connectivity index (χ0n) is 9.95. The SMILES string of the molecule is O=C(c1ccc(I)cc1)c1ccc(OC(F)(F)F)cc1. The van der Waals surface area contributed by atoms with Crippen molar-refractivity contribution in [3.8, 4) is 5.75 Å². The van der Waals surface area contributed by atoms with Gasteiger partial charge in [-0.2, -0.15) is 0 Å². The highest BCUT2D eigenvalue weighted by atomic mass is 127. The minimum Gasteiger partial charge on any atom is -0.406 e. The van der Waals surface area contributed by atoms with Crippen molar-refractivity contribution in [2.75, 3.05) is 0 Å². The number of carbonyl (C=O) groups is 1. The Morgan fingerprint density at radius 2 is 1.35 bits per heavy atom. The third kappa shape index (κ3) is 3.96. The summed E-state index contributed by atoms with van der Waals surface area (Å²) in [7, 11) is 0. The van der Waals surface area contributed by atoms with Crippen molar-refractivity contribution >= 4 is 28.4 Å². The smallest absolute Gasteiger partial charge is 0.406 e. The largest absolute Gasteiger partial charge is 0.573 e. The second kappa shape index (κ2) is 5.82. The Morgan fingerprint density at radius 3 is 1.80 bits per heavy atom. The molecule has 104 valence electrons. The van der Waals surface area contributed by atoms with E-state index >= 15 is 0 Å². The molecule has 0 saturated carbocycles. The Balaban J connectivity index is 2.17. The standard InChI is InChI=1S/C14H8F3IO2/c15-14(16,17)20-12-7-3-10(4-8-12)13(19)9-1-5-11(18)6-2-9/h1-8H. The molecule has 0 aliphatic rings. The molecular formula is C14H8F3IO2. The maximum atomic E-state index is 12.1.